The molecule has 1 heterocycles. The van der Waals surface area contributed by atoms with Gasteiger partial charge in [0, 0.05) is 18.7 Å². The summed E-state index contributed by atoms with van der Waals surface area (Å²) in [6.07, 6.45) is 2.71. The van der Waals surface area contributed by atoms with Crippen molar-refractivity contribution in [1.82, 2.24) is 4.90 Å². The van der Waals surface area contributed by atoms with Crippen molar-refractivity contribution in [2.75, 3.05) is 13.1 Å². The minimum Gasteiger partial charge on any atom is -0.472 e. The van der Waals surface area contributed by atoms with Crippen molar-refractivity contribution in [3.8, 4) is 5.75 Å². The summed E-state index contributed by atoms with van der Waals surface area (Å²) in [5.41, 5.74) is 0.826. The molecule has 1 amide bonds. The van der Waals surface area contributed by atoms with E-state index in [2.05, 4.69) is 0 Å². The number of hydrogen-bond acceptors (Lipinski definition) is 4. The molecule has 0 radical (unpaired) electrons. The highest BCUT2D eigenvalue weighted by atomic mass is 16.5. The second-order valence-electron chi connectivity index (χ2n) is 4.41. The van der Waals surface area contributed by atoms with E-state index >= 15 is 0 Å². The number of hydrogen-bond donors (Lipinski definition) is 0. The molecule has 2 aromatic rings. The molecular formula is C16H17NO4. The highest BCUT2D eigenvalue weighted by Crippen LogP contribution is 2.17. The summed E-state index contributed by atoms with van der Waals surface area (Å²) in [6.45, 7) is 5.11. The van der Waals surface area contributed by atoms with Crippen LogP contribution in [0.3, 0.4) is 0 Å². The van der Waals surface area contributed by atoms with Crippen LogP contribution in [0.1, 0.15) is 34.6 Å². The molecule has 0 N–H and O–H groups in total. The fourth-order valence-corrected chi connectivity index (χ4v) is 1.93. The lowest BCUT2D eigenvalue weighted by atomic mass is 10.2. The molecule has 0 aliphatic carbocycles. The van der Waals surface area contributed by atoms with Crippen LogP contribution in [-0.4, -0.2) is 29.9 Å². The van der Waals surface area contributed by atoms with Crippen LogP contribution in [0.4, 0.5) is 0 Å². The number of esters is 1. The standard InChI is InChI=1S/C16H17NO4/c1-3-17(4-2)15(18)12-6-5-7-14(10-12)21-16(19)13-8-9-20-11-13/h5-11H,3-4H2,1-2H3. The maximum absolute atomic E-state index is 12.2. The molecule has 5 nitrogen and oxygen atoms in total. The van der Waals surface area contributed by atoms with Crippen LogP contribution in [0.2, 0.25) is 0 Å². The van der Waals surface area contributed by atoms with Crippen LogP contribution < -0.4 is 4.74 Å². The Morgan fingerprint density at radius 1 is 1.14 bits per heavy atom. The Morgan fingerprint density at radius 2 is 1.90 bits per heavy atom. The van der Waals surface area contributed by atoms with Gasteiger partial charge < -0.3 is 14.1 Å². The first-order valence-electron chi connectivity index (χ1n) is 6.79. The summed E-state index contributed by atoms with van der Waals surface area (Å²) in [6, 6.07) is 8.12. The van der Waals surface area contributed by atoms with Gasteiger partial charge in [-0.15, -0.1) is 0 Å². The van der Waals surface area contributed by atoms with Gasteiger partial charge in [0.05, 0.1) is 11.8 Å². The molecule has 1 aromatic carbocycles. The number of carbonyl (C=O) groups is 2. The Balaban J connectivity index is 2.14. The van der Waals surface area contributed by atoms with Crippen LogP contribution in [0, 0.1) is 0 Å². The van der Waals surface area contributed by atoms with Gasteiger partial charge in [0.25, 0.3) is 5.91 Å². The Bertz CT molecular complexity index is 615. The molecule has 0 spiro atoms. The number of furan rings is 1. The van der Waals surface area contributed by atoms with E-state index in [-0.39, 0.29) is 5.91 Å². The molecule has 5 heteroatoms. The number of amides is 1. The zero-order valence-electron chi connectivity index (χ0n) is 12.0. The smallest absolute Gasteiger partial charge is 0.346 e. The van der Waals surface area contributed by atoms with E-state index in [0.717, 1.165) is 0 Å². The number of ether oxygens (including phenoxy) is 1. The van der Waals surface area contributed by atoms with Gasteiger partial charge in [0.1, 0.15) is 12.0 Å². The summed E-state index contributed by atoms with van der Waals surface area (Å²) in [5.74, 6) is -0.267. The fourth-order valence-electron chi connectivity index (χ4n) is 1.93. The van der Waals surface area contributed by atoms with Crippen molar-refractivity contribution in [3.05, 3.63) is 54.0 Å². The monoisotopic (exact) mass is 287 g/mol. The van der Waals surface area contributed by atoms with Gasteiger partial charge >= 0.3 is 5.97 Å². The van der Waals surface area contributed by atoms with E-state index in [1.807, 2.05) is 13.8 Å². The Morgan fingerprint density at radius 3 is 2.52 bits per heavy atom. The van der Waals surface area contributed by atoms with Crippen molar-refractivity contribution in [2.24, 2.45) is 0 Å². The van der Waals surface area contributed by atoms with E-state index in [4.69, 9.17) is 9.15 Å². The maximum atomic E-state index is 12.2. The van der Waals surface area contributed by atoms with Gasteiger partial charge in [-0.3, -0.25) is 4.79 Å². The SMILES string of the molecule is CCN(CC)C(=O)c1cccc(OC(=O)c2ccoc2)c1. The molecule has 0 atom stereocenters. The largest absolute Gasteiger partial charge is 0.472 e. The molecule has 1 aromatic heterocycles. The molecule has 0 aliphatic heterocycles. The minimum atomic E-state index is -0.517. The number of carbonyl (C=O) groups excluding carboxylic acids is 2. The van der Waals surface area contributed by atoms with Crippen molar-refractivity contribution in [2.45, 2.75) is 13.8 Å². The van der Waals surface area contributed by atoms with Crippen molar-refractivity contribution in [3.63, 3.8) is 0 Å². The zero-order chi connectivity index (χ0) is 15.2. The van der Waals surface area contributed by atoms with Crippen LogP contribution in [0.25, 0.3) is 0 Å². The Labute approximate surface area is 123 Å². The lowest BCUT2D eigenvalue weighted by Crippen LogP contribution is -2.30. The van der Waals surface area contributed by atoms with Crippen molar-refractivity contribution >= 4 is 11.9 Å². The topological polar surface area (TPSA) is 59.8 Å². The van der Waals surface area contributed by atoms with Gasteiger partial charge in [0.2, 0.25) is 0 Å². The second kappa shape index (κ2) is 6.74. The van der Waals surface area contributed by atoms with E-state index in [0.29, 0.717) is 30.0 Å². The molecule has 0 unspecified atom stereocenters. The highest BCUT2D eigenvalue weighted by molar-refractivity contribution is 5.95. The molecule has 0 aliphatic rings. The molecule has 0 bridgehead atoms. The number of benzene rings is 1. The van der Waals surface area contributed by atoms with Gasteiger partial charge in [-0.25, -0.2) is 4.79 Å². The molecule has 110 valence electrons. The molecule has 0 fully saturated rings. The molecule has 21 heavy (non-hydrogen) atoms. The number of rotatable bonds is 5. The molecule has 0 saturated carbocycles. The first-order chi connectivity index (χ1) is 10.2. The summed E-state index contributed by atoms with van der Waals surface area (Å²) in [5, 5.41) is 0. The summed E-state index contributed by atoms with van der Waals surface area (Å²) < 4.78 is 10.1. The molecule has 2 rings (SSSR count). The predicted molar refractivity (Wildman–Crippen MR) is 77.4 cm³/mol. The Kier molecular flexibility index (Phi) is 4.77. The lowest BCUT2D eigenvalue weighted by molar-refractivity contribution is 0.0726. The highest BCUT2D eigenvalue weighted by Gasteiger charge is 2.15. The summed E-state index contributed by atoms with van der Waals surface area (Å²) in [7, 11) is 0. The van der Waals surface area contributed by atoms with Crippen LogP contribution in [0.5, 0.6) is 5.75 Å². The van der Waals surface area contributed by atoms with Gasteiger partial charge in [-0.2, -0.15) is 0 Å². The number of nitrogens with zero attached hydrogens (tertiary/aromatic N) is 1. The molecular weight excluding hydrogens is 270 g/mol. The first-order valence-corrected chi connectivity index (χ1v) is 6.79. The average molecular weight is 287 g/mol. The van der Waals surface area contributed by atoms with E-state index in [1.54, 1.807) is 29.2 Å². The Hall–Kier alpha value is -2.56. The van der Waals surface area contributed by atoms with Gasteiger partial charge in [-0.05, 0) is 38.1 Å². The van der Waals surface area contributed by atoms with Crippen LogP contribution in [-0.2, 0) is 0 Å². The normalized spacial score (nSPS) is 10.2. The van der Waals surface area contributed by atoms with Gasteiger partial charge in [0.15, 0.2) is 0 Å². The summed E-state index contributed by atoms with van der Waals surface area (Å²) >= 11 is 0. The maximum Gasteiger partial charge on any atom is 0.346 e. The third kappa shape index (κ3) is 3.51. The lowest BCUT2D eigenvalue weighted by Gasteiger charge is -2.18. The fraction of sp³-hybridized carbons (Fsp3) is 0.250. The third-order valence-electron chi connectivity index (χ3n) is 3.10. The second-order valence-corrected chi connectivity index (χ2v) is 4.41. The average Bonchev–Trinajstić information content (AvgIpc) is 3.03. The quantitative estimate of drug-likeness (QED) is 0.626. The van der Waals surface area contributed by atoms with Crippen LogP contribution >= 0.6 is 0 Å². The first kappa shape index (κ1) is 14.8. The van der Waals surface area contributed by atoms with Crippen molar-refractivity contribution < 1.29 is 18.7 Å². The molecule has 0 saturated heterocycles. The van der Waals surface area contributed by atoms with E-state index < -0.39 is 5.97 Å². The third-order valence-corrected chi connectivity index (χ3v) is 3.10. The van der Waals surface area contributed by atoms with Crippen LogP contribution in [0.15, 0.2) is 47.3 Å². The minimum absolute atomic E-state index is 0.0822. The van der Waals surface area contributed by atoms with Gasteiger partial charge in [-0.1, -0.05) is 6.07 Å². The predicted octanol–water partition coefficient (Wildman–Crippen LogP) is 2.98. The zero-order valence-corrected chi connectivity index (χ0v) is 12.0. The van der Waals surface area contributed by atoms with Crippen molar-refractivity contribution in [1.29, 1.82) is 0 Å². The van der Waals surface area contributed by atoms with E-state index in [9.17, 15) is 9.59 Å². The van der Waals surface area contributed by atoms with E-state index in [1.165, 1.54) is 18.6 Å². The summed E-state index contributed by atoms with van der Waals surface area (Å²) in [4.78, 5) is 25.8.